The second-order valence-electron chi connectivity index (χ2n) is 8.37. The van der Waals surface area contributed by atoms with Crippen LogP contribution >= 0.6 is 11.3 Å². The smallest absolute Gasteiger partial charge is 0.115 e. The van der Waals surface area contributed by atoms with Gasteiger partial charge in [-0.2, -0.15) is 11.3 Å². The summed E-state index contributed by atoms with van der Waals surface area (Å²) in [4.78, 5) is 5.21. The highest BCUT2D eigenvalue weighted by atomic mass is 32.1. The molecule has 1 unspecified atom stereocenters. The van der Waals surface area contributed by atoms with Crippen molar-refractivity contribution in [2.24, 2.45) is 0 Å². The van der Waals surface area contributed by atoms with Gasteiger partial charge in [-0.05, 0) is 66.4 Å². The van der Waals surface area contributed by atoms with Gasteiger partial charge in [0.2, 0.25) is 0 Å². The van der Waals surface area contributed by atoms with Gasteiger partial charge in [0.1, 0.15) is 5.75 Å². The van der Waals surface area contributed by atoms with Crippen molar-refractivity contribution in [3.8, 4) is 5.75 Å². The molecule has 29 heavy (non-hydrogen) atoms. The van der Waals surface area contributed by atoms with E-state index >= 15 is 0 Å². The van der Waals surface area contributed by atoms with Crippen LogP contribution in [0.5, 0.6) is 5.75 Å². The highest BCUT2D eigenvalue weighted by molar-refractivity contribution is 7.08. The van der Waals surface area contributed by atoms with E-state index < -0.39 is 0 Å². The van der Waals surface area contributed by atoms with Crippen molar-refractivity contribution in [2.45, 2.75) is 45.4 Å². The molecule has 3 aromatic rings. The number of aromatic hydroxyl groups is 1. The zero-order valence-electron chi connectivity index (χ0n) is 17.5. The van der Waals surface area contributed by atoms with Gasteiger partial charge in [0.25, 0.3) is 0 Å². The van der Waals surface area contributed by atoms with Gasteiger partial charge in [0, 0.05) is 31.7 Å². The number of phenolic OH excluding ortho intramolecular Hbond substituents is 1. The van der Waals surface area contributed by atoms with Crippen LogP contribution in [0.25, 0.3) is 0 Å². The van der Waals surface area contributed by atoms with Crippen LogP contribution in [0.3, 0.4) is 0 Å². The molecule has 1 N–H and O–H groups in total. The van der Waals surface area contributed by atoms with E-state index in [1.54, 1.807) is 17.4 Å². The molecule has 1 fully saturated rings. The molecule has 0 saturated carbocycles. The van der Waals surface area contributed by atoms with Crippen LogP contribution in [0.2, 0.25) is 0 Å². The zero-order chi connectivity index (χ0) is 20.4. The van der Waals surface area contributed by atoms with E-state index in [4.69, 9.17) is 0 Å². The van der Waals surface area contributed by atoms with Crippen molar-refractivity contribution in [3.05, 3.63) is 87.6 Å². The molecule has 152 valence electrons. The van der Waals surface area contributed by atoms with Gasteiger partial charge in [0.15, 0.2) is 0 Å². The fourth-order valence-electron chi connectivity index (χ4n) is 4.55. The van der Waals surface area contributed by atoms with Crippen LogP contribution < -0.4 is 0 Å². The first-order valence-electron chi connectivity index (χ1n) is 10.4. The second kappa shape index (κ2) is 8.70. The second-order valence-corrected chi connectivity index (χ2v) is 9.15. The summed E-state index contributed by atoms with van der Waals surface area (Å²) < 4.78 is 0. The minimum atomic E-state index is 0.173. The molecule has 0 amide bonds. The van der Waals surface area contributed by atoms with Gasteiger partial charge >= 0.3 is 0 Å². The van der Waals surface area contributed by atoms with Crippen LogP contribution in [0.15, 0.2) is 65.4 Å². The summed E-state index contributed by atoms with van der Waals surface area (Å²) in [5.74, 6) is 0.335. The third kappa shape index (κ3) is 4.55. The van der Waals surface area contributed by atoms with Gasteiger partial charge in [-0.3, -0.25) is 9.80 Å². The Morgan fingerprint density at radius 1 is 1.00 bits per heavy atom. The van der Waals surface area contributed by atoms with Crippen molar-refractivity contribution < 1.29 is 5.11 Å². The number of phenols is 1. The molecular weight excluding hydrogens is 376 g/mol. The summed E-state index contributed by atoms with van der Waals surface area (Å²) in [6, 6.07) is 19.9. The molecule has 2 aromatic carbocycles. The van der Waals surface area contributed by atoms with E-state index in [1.165, 1.54) is 16.7 Å². The van der Waals surface area contributed by atoms with Gasteiger partial charge in [-0.1, -0.05) is 42.0 Å². The van der Waals surface area contributed by atoms with Crippen LogP contribution in [-0.2, 0) is 6.54 Å². The van der Waals surface area contributed by atoms with Gasteiger partial charge < -0.3 is 5.11 Å². The maximum absolute atomic E-state index is 10.1. The Bertz CT molecular complexity index is 940. The predicted octanol–water partition coefficient (Wildman–Crippen LogP) is 5.45. The molecule has 4 rings (SSSR count). The van der Waals surface area contributed by atoms with E-state index in [0.717, 1.165) is 25.2 Å². The Hall–Kier alpha value is -2.14. The van der Waals surface area contributed by atoms with Gasteiger partial charge in [0.05, 0.1) is 6.04 Å². The third-order valence-corrected chi connectivity index (χ3v) is 6.71. The lowest BCUT2D eigenvalue weighted by Gasteiger charge is -2.47. The number of rotatable bonds is 5. The lowest BCUT2D eigenvalue weighted by molar-refractivity contribution is 0.0196. The number of nitrogens with zero attached hydrogens (tertiary/aromatic N) is 2. The molecule has 4 heteroatoms. The minimum Gasteiger partial charge on any atom is -0.508 e. The van der Waals surface area contributed by atoms with Crippen LogP contribution in [0, 0.1) is 6.92 Å². The molecule has 1 aromatic heterocycles. The Morgan fingerprint density at radius 3 is 2.55 bits per heavy atom. The molecule has 3 atom stereocenters. The molecular formula is C25H30N2OS. The normalized spacial score (nSPS) is 21.9. The first-order valence-corrected chi connectivity index (χ1v) is 11.3. The van der Waals surface area contributed by atoms with Gasteiger partial charge in [-0.25, -0.2) is 0 Å². The number of benzene rings is 2. The Labute approximate surface area is 178 Å². The Balaban J connectivity index is 1.57. The molecule has 0 aliphatic carbocycles. The number of thiophene rings is 1. The average Bonchev–Trinajstić information content (AvgIpc) is 3.20. The van der Waals surface area contributed by atoms with Crippen molar-refractivity contribution >= 4 is 11.3 Å². The quantitative estimate of drug-likeness (QED) is 0.611. The van der Waals surface area contributed by atoms with Gasteiger partial charge in [-0.15, -0.1) is 0 Å². The molecule has 0 radical (unpaired) electrons. The maximum atomic E-state index is 10.1. The standard InChI is InChI=1S/C25H30N2OS/c1-18-6-4-7-21(12-18)16-26-14-20(3)27(15-19(26)2)25(23-10-11-29-17-23)22-8-5-9-24(28)13-22/h4-13,17,19-20,25,28H,14-16H2,1-3H3/t19-,20+,25?/m1/s1. The summed E-state index contributed by atoms with van der Waals surface area (Å²) in [5, 5.41) is 14.5. The summed E-state index contributed by atoms with van der Waals surface area (Å²) in [7, 11) is 0. The summed E-state index contributed by atoms with van der Waals surface area (Å²) in [5.41, 5.74) is 5.18. The lowest BCUT2D eigenvalue weighted by atomic mass is 9.95. The van der Waals surface area contributed by atoms with Crippen molar-refractivity contribution in [3.63, 3.8) is 0 Å². The molecule has 0 bridgehead atoms. The molecule has 1 saturated heterocycles. The predicted molar refractivity (Wildman–Crippen MR) is 121 cm³/mol. The largest absolute Gasteiger partial charge is 0.508 e. The summed E-state index contributed by atoms with van der Waals surface area (Å²) >= 11 is 1.74. The Morgan fingerprint density at radius 2 is 1.83 bits per heavy atom. The van der Waals surface area contributed by atoms with Crippen LogP contribution in [0.4, 0.5) is 0 Å². The Kier molecular flexibility index (Phi) is 6.04. The summed E-state index contributed by atoms with van der Waals surface area (Å²) in [6.45, 7) is 9.86. The SMILES string of the molecule is Cc1cccc(CN2C[C@H](C)N(C(c3ccsc3)c3cccc(O)c3)C[C@H]2C)c1. The van der Waals surface area contributed by atoms with E-state index in [0.29, 0.717) is 17.8 Å². The van der Waals surface area contributed by atoms with Crippen LogP contribution in [0.1, 0.15) is 42.1 Å². The molecule has 1 aliphatic rings. The van der Waals surface area contributed by atoms with Crippen LogP contribution in [-0.4, -0.2) is 40.1 Å². The van der Waals surface area contributed by atoms with Crippen molar-refractivity contribution in [2.75, 3.05) is 13.1 Å². The summed E-state index contributed by atoms with van der Waals surface area (Å²) in [6.07, 6.45) is 0. The molecule has 3 nitrogen and oxygen atoms in total. The fourth-order valence-corrected chi connectivity index (χ4v) is 5.23. The molecule has 1 aliphatic heterocycles. The average molecular weight is 407 g/mol. The number of aryl methyl sites for hydroxylation is 1. The first kappa shape index (κ1) is 20.1. The fraction of sp³-hybridized carbons (Fsp3) is 0.360. The van der Waals surface area contributed by atoms with E-state index in [-0.39, 0.29) is 6.04 Å². The molecule has 2 heterocycles. The number of hydrogen-bond acceptors (Lipinski definition) is 4. The van der Waals surface area contributed by atoms with Crippen molar-refractivity contribution in [1.82, 2.24) is 9.80 Å². The number of hydrogen-bond donors (Lipinski definition) is 1. The topological polar surface area (TPSA) is 26.7 Å². The highest BCUT2D eigenvalue weighted by Gasteiger charge is 2.35. The maximum Gasteiger partial charge on any atom is 0.115 e. The minimum absolute atomic E-state index is 0.173. The van der Waals surface area contributed by atoms with E-state index in [1.807, 2.05) is 12.1 Å². The number of piperazine rings is 1. The molecule has 0 spiro atoms. The first-order chi connectivity index (χ1) is 14.0. The van der Waals surface area contributed by atoms with Crippen molar-refractivity contribution in [1.29, 1.82) is 0 Å². The monoisotopic (exact) mass is 406 g/mol. The van der Waals surface area contributed by atoms with E-state index in [9.17, 15) is 5.11 Å². The zero-order valence-corrected chi connectivity index (χ0v) is 18.3. The lowest BCUT2D eigenvalue weighted by Crippen LogP contribution is -2.56. The highest BCUT2D eigenvalue weighted by Crippen LogP contribution is 2.35. The third-order valence-electron chi connectivity index (χ3n) is 6.01. The van der Waals surface area contributed by atoms with E-state index in [2.05, 4.69) is 77.7 Å².